The van der Waals surface area contributed by atoms with Gasteiger partial charge in [-0.25, -0.2) is 4.98 Å². The zero-order valence-electron chi connectivity index (χ0n) is 16.1. The zero-order chi connectivity index (χ0) is 19.8. The molecule has 2 aromatic heterocycles. The average Bonchev–Trinajstić information content (AvgIpc) is 3.38. The molecule has 1 aromatic carbocycles. The molecule has 1 N–H and O–H groups in total. The first kappa shape index (κ1) is 18.1. The van der Waals surface area contributed by atoms with Crippen LogP contribution in [-0.2, 0) is 9.59 Å². The summed E-state index contributed by atoms with van der Waals surface area (Å²) >= 11 is 0. The summed E-state index contributed by atoms with van der Waals surface area (Å²) in [4.78, 5) is 30.9. The minimum absolute atomic E-state index is 0.221. The summed E-state index contributed by atoms with van der Waals surface area (Å²) in [6, 6.07) is 7.62. The van der Waals surface area contributed by atoms with Crippen LogP contribution in [0.5, 0.6) is 5.88 Å². The van der Waals surface area contributed by atoms with Crippen LogP contribution in [0.25, 0.3) is 21.9 Å². The molecule has 3 aromatic rings. The smallest absolute Gasteiger partial charge is 0.234 e. The van der Waals surface area contributed by atoms with Gasteiger partial charge in [0.15, 0.2) is 0 Å². The number of ether oxygens (including phenoxy) is 1. The van der Waals surface area contributed by atoms with E-state index in [4.69, 9.17) is 9.15 Å². The fourth-order valence-corrected chi connectivity index (χ4v) is 4.36. The Bertz CT molecular complexity index is 1080. The van der Waals surface area contributed by atoms with E-state index in [1.807, 2.05) is 24.3 Å². The van der Waals surface area contributed by atoms with Crippen LogP contribution in [0.4, 0.5) is 0 Å². The normalized spacial score (nSPS) is 20.5. The molecule has 4 heterocycles. The van der Waals surface area contributed by atoms with Gasteiger partial charge in [-0.1, -0.05) is 0 Å². The van der Waals surface area contributed by atoms with Gasteiger partial charge < -0.3 is 9.15 Å². The van der Waals surface area contributed by atoms with Crippen molar-refractivity contribution in [2.75, 3.05) is 26.2 Å². The van der Waals surface area contributed by atoms with Crippen LogP contribution in [0.3, 0.4) is 0 Å². The Morgan fingerprint density at radius 3 is 2.86 bits per heavy atom. The number of carbonyl (C=O) groups is 2. The number of pyridine rings is 1. The lowest BCUT2D eigenvalue weighted by atomic mass is 9.89. The van der Waals surface area contributed by atoms with Crippen molar-refractivity contribution in [1.82, 2.24) is 15.2 Å². The van der Waals surface area contributed by atoms with Gasteiger partial charge in [-0.3, -0.25) is 19.8 Å². The number of nitrogens with zero attached hydrogens (tertiary/aromatic N) is 2. The lowest BCUT2D eigenvalue weighted by Crippen LogP contribution is -2.39. The van der Waals surface area contributed by atoms with Crippen LogP contribution in [0.2, 0.25) is 0 Å². The van der Waals surface area contributed by atoms with Gasteiger partial charge >= 0.3 is 0 Å². The highest BCUT2D eigenvalue weighted by atomic mass is 16.5. The largest absolute Gasteiger partial charge is 0.476 e. The van der Waals surface area contributed by atoms with Gasteiger partial charge in [0.2, 0.25) is 17.7 Å². The maximum atomic E-state index is 12.4. The van der Waals surface area contributed by atoms with E-state index in [-0.39, 0.29) is 11.8 Å². The third-order valence-corrected chi connectivity index (χ3v) is 5.88. The van der Waals surface area contributed by atoms with Gasteiger partial charge in [-0.05, 0) is 50.6 Å². The molecule has 1 atom stereocenters. The van der Waals surface area contributed by atoms with Crippen LogP contribution in [-0.4, -0.2) is 47.9 Å². The summed E-state index contributed by atoms with van der Waals surface area (Å²) in [5, 5.41) is 4.23. The maximum Gasteiger partial charge on any atom is 0.234 e. The topological polar surface area (TPSA) is 84.7 Å². The monoisotopic (exact) mass is 393 g/mol. The first-order valence-electron chi connectivity index (χ1n) is 10.2. The predicted molar refractivity (Wildman–Crippen MR) is 108 cm³/mol. The third kappa shape index (κ3) is 3.46. The van der Waals surface area contributed by atoms with Crippen LogP contribution in [0.15, 0.2) is 34.9 Å². The molecule has 2 aliphatic rings. The van der Waals surface area contributed by atoms with E-state index in [0.717, 1.165) is 41.5 Å². The number of hydrogen-bond acceptors (Lipinski definition) is 6. The van der Waals surface area contributed by atoms with E-state index in [1.165, 1.54) is 12.8 Å². The van der Waals surface area contributed by atoms with E-state index in [2.05, 4.69) is 15.2 Å². The number of rotatable bonds is 5. The van der Waals surface area contributed by atoms with Crippen molar-refractivity contribution in [1.29, 1.82) is 0 Å². The molecule has 2 amide bonds. The van der Waals surface area contributed by atoms with Crippen molar-refractivity contribution in [3.8, 4) is 5.88 Å². The van der Waals surface area contributed by atoms with Crippen molar-refractivity contribution >= 4 is 33.7 Å². The molecule has 7 heteroatoms. The number of fused-ring (bicyclic) bond motifs is 3. The number of aromatic nitrogens is 1. The highest BCUT2D eigenvalue weighted by molar-refractivity contribution is 6.09. The van der Waals surface area contributed by atoms with Crippen LogP contribution >= 0.6 is 0 Å². The Labute approximate surface area is 168 Å². The van der Waals surface area contributed by atoms with Crippen molar-refractivity contribution in [2.24, 2.45) is 0 Å². The standard InChI is InChI=1S/C22H23N3O4/c26-19-7-3-14(22(27)24-19)16-13-29-18-6-5-17-15(21(16)18)4-8-20(23-17)28-12-11-25-9-1-2-10-25/h4-6,8,13-14H,1-3,7,9-12H2,(H,24,26,27). The van der Waals surface area contributed by atoms with Crippen molar-refractivity contribution in [3.63, 3.8) is 0 Å². The van der Waals surface area contributed by atoms with Gasteiger partial charge in [0.05, 0.1) is 17.7 Å². The number of piperidine rings is 1. The minimum atomic E-state index is -0.393. The molecule has 2 fully saturated rings. The van der Waals surface area contributed by atoms with Gasteiger partial charge in [0.25, 0.3) is 0 Å². The van der Waals surface area contributed by atoms with Crippen molar-refractivity contribution in [2.45, 2.75) is 31.6 Å². The molecule has 1 unspecified atom stereocenters. The lowest BCUT2D eigenvalue weighted by molar-refractivity contribution is -0.134. The lowest BCUT2D eigenvalue weighted by Gasteiger charge is -2.20. The van der Waals surface area contributed by atoms with E-state index >= 15 is 0 Å². The third-order valence-electron chi connectivity index (χ3n) is 5.88. The Balaban J connectivity index is 1.42. The first-order valence-corrected chi connectivity index (χ1v) is 10.2. The van der Waals surface area contributed by atoms with E-state index < -0.39 is 5.92 Å². The van der Waals surface area contributed by atoms with E-state index in [0.29, 0.717) is 30.9 Å². The first-order chi connectivity index (χ1) is 14.2. The molecule has 150 valence electrons. The second-order valence-corrected chi connectivity index (χ2v) is 7.75. The number of hydrogen-bond donors (Lipinski definition) is 1. The summed E-state index contributed by atoms with van der Waals surface area (Å²) in [6.07, 6.45) is 4.99. The highest BCUT2D eigenvalue weighted by Gasteiger charge is 2.31. The van der Waals surface area contributed by atoms with E-state index in [9.17, 15) is 9.59 Å². The Morgan fingerprint density at radius 2 is 2.03 bits per heavy atom. The molecular formula is C22H23N3O4. The summed E-state index contributed by atoms with van der Waals surface area (Å²) < 4.78 is 11.6. The summed E-state index contributed by atoms with van der Waals surface area (Å²) in [7, 11) is 0. The number of amides is 2. The average molecular weight is 393 g/mol. The number of imide groups is 1. The fraction of sp³-hybridized carbons (Fsp3) is 0.409. The molecule has 29 heavy (non-hydrogen) atoms. The van der Waals surface area contributed by atoms with Gasteiger partial charge in [-0.15, -0.1) is 0 Å². The zero-order valence-corrected chi connectivity index (χ0v) is 16.1. The number of likely N-dealkylation sites (tertiary alicyclic amines) is 1. The Morgan fingerprint density at radius 1 is 1.17 bits per heavy atom. The summed E-state index contributed by atoms with van der Waals surface area (Å²) in [5.41, 5.74) is 2.31. The van der Waals surface area contributed by atoms with Crippen molar-refractivity contribution in [3.05, 3.63) is 36.1 Å². The molecule has 0 bridgehead atoms. The van der Waals surface area contributed by atoms with Crippen LogP contribution in [0.1, 0.15) is 37.2 Å². The Hall–Kier alpha value is -2.93. The highest BCUT2D eigenvalue weighted by Crippen LogP contribution is 2.36. The molecule has 2 saturated heterocycles. The fourth-order valence-electron chi connectivity index (χ4n) is 4.36. The Kier molecular flexibility index (Phi) is 4.67. The predicted octanol–water partition coefficient (Wildman–Crippen LogP) is 2.98. The van der Waals surface area contributed by atoms with Crippen LogP contribution < -0.4 is 10.1 Å². The van der Waals surface area contributed by atoms with Gasteiger partial charge in [0, 0.05) is 35.4 Å². The number of furan rings is 1. The molecule has 2 aliphatic heterocycles. The summed E-state index contributed by atoms with van der Waals surface area (Å²) in [6.45, 7) is 3.83. The number of carbonyl (C=O) groups excluding carboxylic acids is 2. The number of nitrogens with one attached hydrogen (secondary N) is 1. The van der Waals surface area contributed by atoms with Crippen molar-refractivity contribution < 1.29 is 18.7 Å². The van der Waals surface area contributed by atoms with E-state index in [1.54, 1.807) is 6.26 Å². The molecule has 0 aliphatic carbocycles. The van der Waals surface area contributed by atoms with Crippen LogP contribution in [0, 0.1) is 0 Å². The number of benzene rings is 1. The quantitative estimate of drug-likeness (QED) is 0.671. The molecule has 5 rings (SSSR count). The van der Waals surface area contributed by atoms with Gasteiger partial charge in [-0.2, -0.15) is 0 Å². The second kappa shape index (κ2) is 7.48. The maximum absolute atomic E-state index is 12.4. The molecule has 0 spiro atoms. The minimum Gasteiger partial charge on any atom is -0.476 e. The second-order valence-electron chi connectivity index (χ2n) is 7.75. The summed E-state index contributed by atoms with van der Waals surface area (Å²) in [5.74, 6) is -0.282. The SMILES string of the molecule is O=C1CCC(c2coc3ccc4nc(OCCN5CCCC5)ccc4c23)C(=O)N1. The molecular weight excluding hydrogens is 370 g/mol. The molecule has 0 saturated carbocycles. The van der Waals surface area contributed by atoms with Gasteiger partial charge in [0.1, 0.15) is 12.2 Å². The molecule has 0 radical (unpaired) electrons. The molecule has 7 nitrogen and oxygen atoms in total.